The second-order valence-corrected chi connectivity index (χ2v) is 5.58. The molecule has 2 atom stereocenters. The van der Waals surface area contributed by atoms with Gasteiger partial charge >= 0.3 is 0 Å². The Morgan fingerprint density at radius 2 is 2.31 bits per heavy atom. The lowest BCUT2D eigenvalue weighted by molar-refractivity contribution is 0.403. The van der Waals surface area contributed by atoms with Crippen molar-refractivity contribution in [2.75, 3.05) is 12.9 Å². The maximum absolute atomic E-state index is 6.26. The summed E-state index contributed by atoms with van der Waals surface area (Å²) in [6.45, 7) is 2.20. The van der Waals surface area contributed by atoms with E-state index in [0.29, 0.717) is 6.04 Å². The number of rotatable bonds is 2. The minimum absolute atomic E-state index is 0.243. The molecule has 1 heterocycles. The SMILES string of the molecule is COc1cccc(Cl)c1C1NC(C)CCS1. The van der Waals surface area contributed by atoms with Crippen molar-refractivity contribution in [3.8, 4) is 5.75 Å². The Morgan fingerprint density at radius 1 is 1.50 bits per heavy atom. The number of hydrogen-bond acceptors (Lipinski definition) is 3. The predicted octanol–water partition coefficient (Wildman–Crippen LogP) is 3.46. The maximum atomic E-state index is 6.26. The Labute approximate surface area is 106 Å². The van der Waals surface area contributed by atoms with E-state index >= 15 is 0 Å². The number of benzene rings is 1. The third-order valence-corrected chi connectivity index (χ3v) is 4.27. The molecule has 0 aromatic heterocycles. The van der Waals surface area contributed by atoms with Crippen molar-refractivity contribution in [1.82, 2.24) is 5.32 Å². The Balaban J connectivity index is 2.30. The summed E-state index contributed by atoms with van der Waals surface area (Å²) in [6.07, 6.45) is 1.20. The van der Waals surface area contributed by atoms with Crippen LogP contribution in [0.4, 0.5) is 0 Å². The number of halogens is 1. The van der Waals surface area contributed by atoms with E-state index in [1.54, 1.807) is 7.11 Å². The van der Waals surface area contributed by atoms with Crippen LogP contribution >= 0.6 is 23.4 Å². The van der Waals surface area contributed by atoms with E-state index < -0.39 is 0 Å². The zero-order valence-corrected chi connectivity index (χ0v) is 11.1. The highest BCUT2D eigenvalue weighted by molar-refractivity contribution is 7.99. The van der Waals surface area contributed by atoms with E-state index in [-0.39, 0.29) is 5.37 Å². The number of hydrogen-bond donors (Lipinski definition) is 1. The van der Waals surface area contributed by atoms with E-state index in [1.807, 2.05) is 30.0 Å². The molecule has 88 valence electrons. The lowest BCUT2D eigenvalue weighted by atomic mass is 10.1. The Bertz CT molecular complexity index is 372. The molecule has 0 bridgehead atoms. The molecule has 1 aromatic rings. The molecule has 0 saturated carbocycles. The van der Waals surface area contributed by atoms with Crippen LogP contribution in [0.15, 0.2) is 18.2 Å². The third-order valence-electron chi connectivity index (χ3n) is 2.77. The highest BCUT2D eigenvalue weighted by Gasteiger charge is 2.24. The molecule has 0 aliphatic carbocycles. The average Bonchev–Trinajstić information content (AvgIpc) is 2.28. The minimum Gasteiger partial charge on any atom is -0.496 e. The van der Waals surface area contributed by atoms with Crippen LogP contribution < -0.4 is 10.1 Å². The lowest BCUT2D eigenvalue weighted by Crippen LogP contribution is -2.33. The summed E-state index contributed by atoms with van der Waals surface area (Å²) in [6, 6.07) is 6.33. The zero-order valence-electron chi connectivity index (χ0n) is 9.50. The minimum atomic E-state index is 0.243. The van der Waals surface area contributed by atoms with Crippen LogP contribution in [0.5, 0.6) is 5.75 Å². The van der Waals surface area contributed by atoms with E-state index in [0.717, 1.165) is 22.1 Å². The van der Waals surface area contributed by atoms with Gasteiger partial charge in [-0.15, -0.1) is 11.8 Å². The summed E-state index contributed by atoms with van der Waals surface area (Å²) < 4.78 is 5.38. The molecule has 2 rings (SSSR count). The zero-order chi connectivity index (χ0) is 11.5. The smallest absolute Gasteiger partial charge is 0.125 e. The second-order valence-electron chi connectivity index (χ2n) is 3.96. The molecule has 16 heavy (non-hydrogen) atoms. The first-order valence-electron chi connectivity index (χ1n) is 5.42. The molecular weight excluding hydrogens is 242 g/mol. The first kappa shape index (κ1) is 12.1. The lowest BCUT2D eigenvalue weighted by Gasteiger charge is -2.30. The fraction of sp³-hybridized carbons (Fsp3) is 0.500. The van der Waals surface area contributed by atoms with E-state index in [2.05, 4.69) is 12.2 Å². The van der Waals surface area contributed by atoms with Crippen LogP contribution in [0.1, 0.15) is 24.3 Å². The average molecular weight is 258 g/mol. The van der Waals surface area contributed by atoms with E-state index in [9.17, 15) is 0 Å². The standard InChI is InChI=1S/C12H16ClNOS/c1-8-6-7-16-12(14-8)11-9(13)4-3-5-10(11)15-2/h3-5,8,12,14H,6-7H2,1-2H3. The molecule has 1 aliphatic heterocycles. The van der Waals surface area contributed by atoms with Gasteiger partial charge in [-0.3, -0.25) is 5.32 Å². The summed E-state index contributed by atoms with van der Waals surface area (Å²) in [7, 11) is 1.69. The van der Waals surface area contributed by atoms with Gasteiger partial charge in [0.25, 0.3) is 0 Å². The molecule has 1 aliphatic rings. The van der Waals surface area contributed by atoms with Crippen molar-refractivity contribution in [3.05, 3.63) is 28.8 Å². The van der Waals surface area contributed by atoms with E-state index in [4.69, 9.17) is 16.3 Å². The molecule has 0 spiro atoms. The van der Waals surface area contributed by atoms with Gasteiger partial charge in [0.15, 0.2) is 0 Å². The first-order valence-corrected chi connectivity index (χ1v) is 6.85. The highest BCUT2D eigenvalue weighted by Crippen LogP contribution is 2.40. The first-order chi connectivity index (χ1) is 7.72. The fourth-order valence-corrected chi connectivity index (χ4v) is 3.67. The van der Waals surface area contributed by atoms with Crippen LogP contribution in [-0.2, 0) is 0 Å². The predicted molar refractivity (Wildman–Crippen MR) is 70.4 cm³/mol. The molecule has 2 nitrogen and oxygen atoms in total. The van der Waals surface area contributed by atoms with Crippen LogP contribution in [0, 0.1) is 0 Å². The van der Waals surface area contributed by atoms with Crippen LogP contribution in [0.2, 0.25) is 5.02 Å². The Hall–Kier alpha value is -0.380. The summed E-state index contributed by atoms with van der Waals surface area (Å²) in [5.41, 5.74) is 1.07. The largest absolute Gasteiger partial charge is 0.496 e. The van der Waals surface area contributed by atoms with Gasteiger partial charge in [-0.05, 0) is 31.2 Å². The van der Waals surface area contributed by atoms with Gasteiger partial charge in [0.1, 0.15) is 5.75 Å². The van der Waals surface area contributed by atoms with Crippen LogP contribution in [0.25, 0.3) is 0 Å². The molecule has 1 aromatic carbocycles. The Kier molecular flexibility index (Phi) is 4.00. The molecule has 2 unspecified atom stereocenters. The van der Waals surface area contributed by atoms with Crippen molar-refractivity contribution >= 4 is 23.4 Å². The van der Waals surface area contributed by atoms with Crippen molar-refractivity contribution in [2.24, 2.45) is 0 Å². The fourth-order valence-electron chi connectivity index (χ4n) is 1.87. The van der Waals surface area contributed by atoms with Gasteiger partial charge in [-0.25, -0.2) is 0 Å². The maximum Gasteiger partial charge on any atom is 0.125 e. The molecule has 0 amide bonds. The van der Waals surface area contributed by atoms with E-state index in [1.165, 1.54) is 6.42 Å². The van der Waals surface area contributed by atoms with Gasteiger partial charge in [-0.1, -0.05) is 17.7 Å². The number of nitrogens with one attached hydrogen (secondary N) is 1. The summed E-state index contributed by atoms with van der Waals surface area (Å²) >= 11 is 8.14. The van der Waals surface area contributed by atoms with Crippen molar-refractivity contribution in [2.45, 2.75) is 24.8 Å². The van der Waals surface area contributed by atoms with Gasteiger partial charge < -0.3 is 4.74 Å². The summed E-state index contributed by atoms with van der Waals surface area (Å²) in [4.78, 5) is 0. The van der Waals surface area contributed by atoms with Crippen LogP contribution in [-0.4, -0.2) is 18.9 Å². The molecular formula is C12H16ClNOS. The topological polar surface area (TPSA) is 21.3 Å². The quantitative estimate of drug-likeness (QED) is 0.877. The number of ether oxygens (including phenoxy) is 1. The highest BCUT2D eigenvalue weighted by atomic mass is 35.5. The molecule has 1 saturated heterocycles. The molecule has 1 N–H and O–H groups in total. The van der Waals surface area contributed by atoms with Crippen molar-refractivity contribution < 1.29 is 4.74 Å². The number of thioether (sulfide) groups is 1. The summed E-state index contributed by atoms with van der Waals surface area (Å²) in [5.74, 6) is 2.03. The monoisotopic (exact) mass is 257 g/mol. The van der Waals surface area contributed by atoms with Crippen molar-refractivity contribution in [1.29, 1.82) is 0 Å². The molecule has 1 fully saturated rings. The third kappa shape index (κ3) is 2.47. The number of methoxy groups -OCH3 is 1. The summed E-state index contributed by atoms with van der Waals surface area (Å²) in [5, 5.41) is 4.57. The normalized spacial score (nSPS) is 25.4. The van der Waals surface area contributed by atoms with Gasteiger partial charge in [0.2, 0.25) is 0 Å². The molecule has 4 heteroatoms. The second kappa shape index (κ2) is 5.30. The van der Waals surface area contributed by atoms with Crippen molar-refractivity contribution in [3.63, 3.8) is 0 Å². The van der Waals surface area contributed by atoms with Crippen LogP contribution in [0.3, 0.4) is 0 Å². The van der Waals surface area contributed by atoms with Gasteiger partial charge in [-0.2, -0.15) is 0 Å². The van der Waals surface area contributed by atoms with Gasteiger partial charge in [0, 0.05) is 16.6 Å². The van der Waals surface area contributed by atoms with Gasteiger partial charge in [0.05, 0.1) is 12.5 Å². The Morgan fingerprint density at radius 3 is 3.00 bits per heavy atom. The molecule has 0 radical (unpaired) electrons.